The van der Waals surface area contributed by atoms with Gasteiger partial charge in [-0.3, -0.25) is 9.59 Å². The number of thiophene rings is 1. The maximum absolute atomic E-state index is 12.6. The zero-order valence-corrected chi connectivity index (χ0v) is 19.5. The number of hydrogen-bond acceptors (Lipinski definition) is 6. The Hall–Kier alpha value is -3.39. The van der Waals surface area contributed by atoms with Gasteiger partial charge in [0.25, 0.3) is 5.91 Å². The molecule has 0 aromatic carbocycles. The van der Waals surface area contributed by atoms with E-state index >= 15 is 0 Å². The Labute approximate surface area is 198 Å². The zero-order chi connectivity index (χ0) is 23.8. The van der Waals surface area contributed by atoms with Crippen molar-refractivity contribution in [3.63, 3.8) is 0 Å². The molecule has 2 heterocycles. The monoisotopic (exact) mass is 466 g/mol. The summed E-state index contributed by atoms with van der Waals surface area (Å²) in [5, 5.41) is 15.3. The fraction of sp³-hybridized carbons (Fsp3) is 0.320. The van der Waals surface area contributed by atoms with Gasteiger partial charge in [0, 0.05) is 12.2 Å². The van der Waals surface area contributed by atoms with Gasteiger partial charge in [-0.2, -0.15) is 0 Å². The zero-order valence-electron chi connectivity index (χ0n) is 18.7. The molecule has 2 aromatic heterocycles. The van der Waals surface area contributed by atoms with Crippen LogP contribution in [0.1, 0.15) is 42.3 Å². The van der Waals surface area contributed by atoms with Crippen LogP contribution in [0.2, 0.25) is 0 Å². The Balaban J connectivity index is 1.57. The predicted molar refractivity (Wildman–Crippen MR) is 133 cm³/mol. The Bertz CT molecular complexity index is 1070. The van der Waals surface area contributed by atoms with Gasteiger partial charge in [-0.25, -0.2) is 4.98 Å². The van der Waals surface area contributed by atoms with Crippen molar-refractivity contribution in [3.05, 3.63) is 71.4 Å². The van der Waals surface area contributed by atoms with Crippen LogP contribution < -0.4 is 16.4 Å². The minimum Gasteiger partial charge on any atom is -0.481 e. The second-order valence-electron chi connectivity index (χ2n) is 8.24. The van der Waals surface area contributed by atoms with E-state index in [9.17, 15) is 9.59 Å². The van der Waals surface area contributed by atoms with Crippen molar-refractivity contribution >= 4 is 29.0 Å². The summed E-state index contributed by atoms with van der Waals surface area (Å²) in [6, 6.07) is 9.37. The third-order valence-electron chi connectivity index (χ3n) is 5.63. The Morgan fingerprint density at radius 2 is 2.00 bits per heavy atom. The molecule has 1 aliphatic rings. The lowest BCUT2D eigenvalue weighted by Crippen LogP contribution is -2.32. The highest BCUT2D eigenvalue weighted by molar-refractivity contribution is 7.17. The summed E-state index contributed by atoms with van der Waals surface area (Å²) in [7, 11) is 0. The van der Waals surface area contributed by atoms with Gasteiger partial charge in [-0.15, -0.1) is 11.3 Å². The number of carbonyl (C=O) groups excluding carboxylic acids is 1. The Morgan fingerprint density at radius 1 is 1.24 bits per heavy atom. The number of rotatable bonds is 9. The van der Waals surface area contributed by atoms with E-state index in [1.54, 1.807) is 6.08 Å². The molecule has 1 saturated carbocycles. The normalized spacial score (nSPS) is 18.8. The number of amides is 1. The summed E-state index contributed by atoms with van der Waals surface area (Å²) in [5.74, 6) is -0.0670. The van der Waals surface area contributed by atoms with Crippen LogP contribution in [0, 0.1) is 11.8 Å². The lowest BCUT2D eigenvalue weighted by atomic mass is 9.82. The van der Waals surface area contributed by atoms with E-state index in [-0.39, 0.29) is 11.8 Å². The molecule has 174 valence electrons. The predicted octanol–water partition coefficient (Wildman–Crippen LogP) is 4.78. The number of pyridine rings is 1. The molecule has 2 aromatic rings. The standard InChI is InChI=1S/C25H30N4O3S/c1-16(12-13-26)14-17(2)28-23-5-3-4-20(29-23)21-10-11-22(33-21)24(30)27-15-18-6-8-19(9-7-18)25(31)32/h3-5,10-14,18-19H,2,6-9,15,26H2,1H3,(H,27,30)(H,28,29)(H,31,32)/b13-12-,16-14-/t18-,19-. The minimum absolute atomic E-state index is 0.108. The van der Waals surface area contributed by atoms with Crippen LogP contribution in [-0.2, 0) is 4.79 Å². The van der Waals surface area contributed by atoms with Crippen molar-refractivity contribution in [1.29, 1.82) is 0 Å². The van der Waals surface area contributed by atoms with Crippen molar-refractivity contribution in [1.82, 2.24) is 10.3 Å². The summed E-state index contributed by atoms with van der Waals surface area (Å²) >= 11 is 1.39. The molecule has 3 rings (SSSR count). The van der Waals surface area contributed by atoms with Gasteiger partial charge >= 0.3 is 5.97 Å². The van der Waals surface area contributed by atoms with Crippen LogP contribution in [0.3, 0.4) is 0 Å². The lowest BCUT2D eigenvalue weighted by molar-refractivity contribution is -0.143. The lowest BCUT2D eigenvalue weighted by Gasteiger charge is -2.26. The second-order valence-corrected chi connectivity index (χ2v) is 9.32. The van der Waals surface area contributed by atoms with E-state index in [0.29, 0.717) is 41.7 Å². The third-order valence-corrected chi connectivity index (χ3v) is 6.73. The van der Waals surface area contributed by atoms with Crippen molar-refractivity contribution in [2.24, 2.45) is 17.6 Å². The molecule has 0 spiro atoms. The Kier molecular flexibility index (Phi) is 8.43. The molecule has 0 atom stereocenters. The highest BCUT2D eigenvalue weighted by atomic mass is 32.1. The maximum atomic E-state index is 12.6. The van der Waals surface area contributed by atoms with Crippen LogP contribution in [-0.4, -0.2) is 28.5 Å². The van der Waals surface area contributed by atoms with Gasteiger partial charge in [0.15, 0.2) is 0 Å². The molecular weight excluding hydrogens is 436 g/mol. The summed E-state index contributed by atoms with van der Waals surface area (Å²) in [5.41, 5.74) is 7.84. The number of nitrogens with zero attached hydrogens (tertiary/aromatic N) is 1. The van der Waals surface area contributed by atoms with Gasteiger partial charge in [0.1, 0.15) is 5.82 Å². The van der Waals surface area contributed by atoms with Crippen molar-refractivity contribution in [2.75, 3.05) is 11.9 Å². The molecular formula is C25H30N4O3S. The second kappa shape index (κ2) is 11.5. The van der Waals surface area contributed by atoms with E-state index in [4.69, 9.17) is 10.8 Å². The average Bonchev–Trinajstić information content (AvgIpc) is 3.28. The van der Waals surface area contributed by atoms with E-state index in [1.165, 1.54) is 17.5 Å². The minimum atomic E-state index is -0.712. The van der Waals surface area contributed by atoms with Gasteiger partial charge in [0.05, 0.1) is 21.4 Å². The van der Waals surface area contributed by atoms with Crippen LogP contribution in [0.5, 0.6) is 0 Å². The molecule has 1 fully saturated rings. The Morgan fingerprint density at radius 3 is 2.70 bits per heavy atom. The highest BCUT2D eigenvalue weighted by Crippen LogP contribution is 2.30. The van der Waals surface area contributed by atoms with Gasteiger partial charge in [-0.05, 0) is 86.7 Å². The largest absolute Gasteiger partial charge is 0.481 e. The molecule has 0 radical (unpaired) electrons. The van der Waals surface area contributed by atoms with Crippen LogP contribution in [0.15, 0.2) is 66.5 Å². The van der Waals surface area contributed by atoms with Gasteiger partial charge in [-0.1, -0.05) is 12.6 Å². The van der Waals surface area contributed by atoms with E-state index in [0.717, 1.165) is 29.0 Å². The molecule has 1 amide bonds. The summed E-state index contributed by atoms with van der Waals surface area (Å²) in [4.78, 5) is 29.9. The summed E-state index contributed by atoms with van der Waals surface area (Å²) in [6.07, 6.45) is 8.17. The summed E-state index contributed by atoms with van der Waals surface area (Å²) in [6.45, 7) is 6.50. The average molecular weight is 467 g/mol. The number of carboxylic acids is 1. The molecule has 8 heteroatoms. The van der Waals surface area contributed by atoms with E-state index in [2.05, 4.69) is 22.2 Å². The number of allylic oxidation sites excluding steroid dienone is 3. The number of aliphatic carboxylic acids is 1. The van der Waals surface area contributed by atoms with Crippen molar-refractivity contribution in [3.8, 4) is 10.6 Å². The smallest absolute Gasteiger partial charge is 0.306 e. The van der Waals surface area contributed by atoms with Gasteiger partial charge < -0.3 is 21.5 Å². The fourth-order valence-electron chi connectivity index (χ4n) is 3.85. The molecule has 0 bridgehead atoms. The molecule has 0 aliphatic heterocycles. The number of carbonyl (C=O) groups is 2. The summed E-state index contributed by atoms with van der Waals surface area (Å²) < 4.78 is 0. The first kappa shape index (κ1) is 24.3. The first-order chi connectivity index (χ1) is 15.9. The first-order valence-electron chi connectivity index (χ1n) is 11.0. The number of nitrogens with one attached hydrogen (secondary N) is 2. The number of aromatic nitrogens is 1. The molecule has 1 aliphatic carbocycles. The van der Waals surface area contributed by atoms with Crippen LogP contribution in [0.25, 0.3) is 10.6 Å². The number of hydrogen-bond donors (Lipinski definition) is 4. The number of nitrogens with two attached hydrogens (primary N) is 1. The van der Waals surface area contributed by atoms with Crippen molar-refractivity contribution < 1.29 is 14.7 Å². The molecule has 33 heavy (non-hydrogen) atoms. The van der Waals surface area contributed by atoms with E-state index < -0.39 is 5.97 Å². The maximum Gasteiger partial charge on any atom is 0.306 e. The van der Waals surface area contributed by atoms with E-state index in [1.807, 2.05) is 43.3 Å². The van der Waals surface area contributed by atoms with Crippen LogP contribution >= 0.6 is 11.3 Å². The molecule has 7 nitrogen and oxygen atoms in total. The SMILES string of the molecule is C=C(/C=C(C)\C=C/N)Nc1cccc(-c2ccc(C(=O)NC[C@H]3CC[C@H](C(=O)O)CC3)s2)n1. The van der Waals surface area contributed by atoms with Crippen molar-refractivity contribution in [2.45, 2.75) is 32.6 Å². The fourth-order valence-corrected chi connectivity index (χ4v) is 4.74. The molecule has 0 unspecified atom stereocenters. The first-order valence-corrected chi connectivity index (χ1v) is 11.8. The molecule has 5 N–H and O–H groups in total. The topological polar surface area (TPSA) is 117 Å². The highest BCUT2D eigenvalue weighted by Gasteiger charge is 2.26. The quantitative estimate of drug-likeness (QED) is 0.395. The van der Waals surface area contributed by atoms with Crippen LogP contribution in [0.4, 0.5) is 5.82 Å². The van der Waals surface area contributed by atoms with Gasteiger partial charge in [0.2, 0.25) is 0 Å². The number of anilines is 1. The molecule has 0 saturated heterocycles. The third kappa shape index (κ3) is 7.05. The number of carboxylic acid groups (broad SMARTS) is 1.